The van der Waals surface area contributed by atoms with Gasteiger partial charge in [-0.05, 0) is 39.0 Å². The first-order valence-electron chi connectivity index (χ1n) is 7.62. The van der Waals surface area contributed by atoms with Crippen LogP contribution in [0.4, 0.5) is 4.79 Å². The molecule has 3 rings (SSSR count). The zero-order valence-electron chi connectivity index (χ0n) is 13.4. The van der Waals surface area contributed by atoms with E-state index in [1.54, 1.807) is 17.0 Å². The lowest BCUT2D eigenvalue weighted by Crippen LogP contribution is -2.38. The summed E-state index contributed by atoms with van der Waals surface area (Å²) in [6.45, 7) is 6.95. The minimum Gasteiger partial charge on any atom is -0.490 e. The van der Waals surface area contributed by atoms with Crippen molar-refractivity contribution < 1.29 is 14.3 Å². The number of nitriles is 1. The van der Waals surface area contributed by atoms with Crippen LogP contribution in [0.1, 0.15) is 26.3 Å². The van der Waals surface area contributed by atoms with Crippen LogP contribution in [0.15, 0.2) is 22.7 Å². The van der Waals surface area contributed by atoms with Crippen LogP contribution in [0.25, 0.3) is 0 Å². The van der Waals surface area contributed by atoms with Gasteiger partial charge in [0.05, 0.1) is 11.6 Å². The molecule has 1 amide bonds. The fraction of sp³-hybridized carbons (Fsp3) is 0.529. The van der Waals surface area contributed by atoms with Crippen LogP contribution in [0, 0.1) is 23.2 Å². The fourth-order valence-corrected chi connectivity index (χ4v) is 3.45. The van der Waals surface area contributed by atoms with Crippen LogP contribution >= 0.6 is 15.9 Å². The third-order valence-electron chi connectivity index (χ3n) is 4.04. The Morgan fingerprint density at radius 1 is 1.30 bits per heavy atom. The molecule has 0 N–H and O–H groups in total. The quantitative estimate of drug-likeness (QED) is 0.788. The smallest absolute Gasteiger partial charge is 0.410 e. The molecule has 2 aliphatic rings. The van der Waals surface area contributed by atoms with Crippen LogP contribution in [-0.4, -0.2) is 35.8 Å². The van der Waals surface area contributed by atoms with Crippen molar-refractivity contribution in [1.29, 1.82) is 5.26 Å². The molecular weight excluding hydrogens is 360 g/mol. The molecule has 1 aliphatic heterocycles. The number of carbonyl (C=O) groups excluding carboxylic acids is 1. The molecule has 1 saturated heterocycles. The molecule has 5 nitrogen and oxygen atoms in total. The second kappa shape index (κ2) is 5.72. The molecule has 0 bridgehead atoms. The zero-order chi connectivity index (χ0) is 16.8. The summed E-state index contributed by atoms with van der Waals surface area (Å²) in [6.07, 6.45) is -0.132. The van der Waals surface area contributed by atoms with Gasteiger partial charge >= 0.3 is 6.09 Å². The number of hydrogen-bond acceptors (Lipinski definition) is 4. The van der Waals surface area contributed by atoms with Crippen molar-refractivity contribution in [1.82, 2.24) is 4.90 Å². The molecule has 3 atom stereocenters. The minimum absolute atomic E-state index is 0.120. The first-order valence-corrected chi connectivity index (χ1v) is 8.41. The van der Waals surface area contributed by atoms with E-state index in [2.05, 4.69) is 22.0 Å². The highest BCUT2D eigenvalue weighted by Gasteiger charge is 2.59. The van der Waals surface area contributed by atoms with E-state index in [0.717, 1.165) is 4.47 Å². The second-order valence-corrected chi connectivity index (χ2v) is 8.00. The van der Waals surface area contributed by atoms with Gasteiger partial charge in [0, 0.05) is 29.4 Å². The predicted molar refractivity (Wildman–Crippen MR) is 88.1 cm³/mol. The maximum Gasteiger partial charge on any atom is 0.410 e. The summed E-state index contributed by atoms with van der Waals surface area (Å²) in [5.41, 5.74) is 0.0969. The largest absolute Gasteiger partial charge is 0.490 e. The molecule has 1 unspecified atom stereocenters. The van der Waals surface area contributed by atoms with Crippen LogP contribution < -0.4 is 4.74 Å². The average molecular weight is 379 g/mol. The molecule has 0 spiro atoms. The number of amides is 1. The molecule has 6 heteroatoms. The number of benzene rings is 1. The number of halogens is 1. The first-order chi connectivity index (χ1) is 10.8. The van der Waals surface area contributed by atoms with Gasteiger partial charge < -0.3 is 14.4 Å². The number of nitrogens with zero attached hydrogens (tertiary/aromatic N) is 2. The van der Waals surface area contributed by atoms with Gasteiger partial charge in [-0.2, -0.15) is 5.26 Å². The van der Waals surface area contributed by atoms with Gasteiger partial charge in [0.25, 0.3) is 0 Å². The van der Waals surface area contributed by atoms with Crippen LogP contribution in [0.3, 0.4) is 0 Å². The Balaban J connectivity index is 1.56. The summed E-state index contributed by atoms with van der Waals surface area (Å²) in [5, 5.41) is 9.00. The number of ether oxygens (including phenoxy) is 2. The normalized spacial score (nSPS) is 25.5. The molecule has 2 fully saturated rings. The number of carbonyl (C=O) groups is 1. The second-order valence-electron chi connectivity index (χ2n) is 7.08. The summed E-state index contributed by atoms with van der Waals surface area (Å²) >= 11 is 3.38. The van der Waals surface area contributed by atoms with Gasteiger partial charge in [-0.1, -0.05) is 15.9 Å². The van der Waals surface area contributed by atoms with Crippen molar-refractivity contribution in [3.05, 3.63) is 28.2 Å². The number of fused-ring (bicyclic) bond motifs is 1. The van der Waals surface area contributed by atoms with Crippen molar-refractivity contribution >= 4 is 22.0 Å². The van der Waals surface area contributed by atoms with E-state index in [1.807, 2.05) is 26.8 Å². The average Bonchev–Trinajstić information content (AvgIpc) is 2.89. The monoisotopic (exact) mass is 378 g/mol. The molecule has 23 heavy (non-hydrogen) atoms. The minimum atomic E-state index is -0.468. The van der Waals surface area contributed by atoms with E-state index in [-0.39, 0.29) is 12.2 Å². The zero-order valence-corrected chi connectivity index (χ0v) is 15.0. The predicted octanol–water partition coefficient (Wildman–Crippen LogP) is 3.56. The van der Waals surface area contributed by atoms with Crippen molar-refractivity contribution in [2.24, 2.45) is 11.8 Å². The molecular formula is C17H19BrN2O3. The van der Waals surface area contributed by atoms with Gasteiger partial charge in [0.2, 0.25) is 0 Å². The van der Waals surface area contributed by atoms with E-state index < -0.39 is 5.60 Å². The molecule has 122 valence electrons. The Morgan fingerprint density at radius 3 is 2.52 bits per heavy atom. The SMILES string of the molecule is CC(C)(C)OC(=O)N1C[C@@H]2C(Oc3cc(Br)cc(C#N)c3)[C@@H]2C1. The fourth-order valence-electron chi connectivity index (χ4n) is 2.97. The van der Waals surface area contributed by atoms with E-state index in [9.17, 15) is 4.79 Å². The highest BCUT2D eigenvalue weighted by Crippen LogP contribution is 2.48. The van der Waals surface area contributed by atoms with E-state index in [4.69, 9.17) is 14.7 Å². The lowest BCUT2D eigenvalue weighted by molar-refractivity contribution is 0.0253. The molecule has 1 heterocycles. The Hall–Kier alpha value is -1.74. The van der Waals surface area contributed by atoms with Crippen molar-refractivity contribution in [2.45, 2.75) is 32.5 Å². The topological polar surface area (TPSA) is 62.6 Å². The Labute approximate surface area is 144 Å². The third kappa shape index (κ3) is 3.61. The lowest BCUT2D eigenvalue weighted by atomic mass is 10.2. The Morgan fingerprint density at radius 2 is 1.96 bits per heavy atom. The summed E-state index contributed by atoms with van der Waals surface area (Å²) in [4.78, 5) is 13.8. The van der Waals surface area contributed by atoms with Gasteiger partial charge in [0.15, 0.2) is 0 Å². The summed E-state index contributed by atoms with van der Waals surface area (Å²) in [6, 6.07) is 7.47. The lowest BCUT2D eigenvalue weighted by Gasteiger charge is -2.26. The number of piperidine rings is 1. The standard InChI is InChI=1S/C17H19BrN2O3/c1-17(2,3)23-16(21)20-8-13-14(9-20)15(13)22-12-5-10(7-19)4-11(18)6-12/h4-6,13-15H,8-9H2,1-3H3/t13-,14+,15?. The van der Waals surface area contributed by atoms with E-state index in [0.29, 0.717) is 36.2 Å². The Kier molecular flexibility index (Phi) is 4.01. The van der Waals surface area contributed by atoms with Gasteiger partial charge in [-0.3, -0.25) is 0 Å². The summed E-state index contributed by atoms with van der Waals surface area (Å²) in [7, 11) is 0. The third-order valence-corrected chi connectivity index (χ3v) is 4.50. The number of rotatable bonds is 2. The van der Waals surface area contributed by atoms with Gasteiger partial charge in [-0.25, -0.2) is 4.79 Å². The van der Waals surface area contributed by atoms with E-state index >= 15 is 0 Å². The molecule has 1 aliphatic carbocycles. The first kappa shape index (κ1) is 16.1. The number of hydrogen-bond donors (Lipinski definition) is 0. The molecule has 1 saturated carbocycles. The van der Waals surface area contributed by atoms with Crippen LogP contribution in [0.2, 0.25) is 0 Å². The van der Waals surface area contributed by atoms with Crippen molar-refractivity contribution in [2.75, 3.05) is 13.1 Å². The van der Waals surface area contributed by atoms with Crippen molar-refractivity contribution in [3.8, 4) is 11.8 Å². The Bertz CT molecular complexity index is 665. The molecule has 1 aromatic carbocycles. The van der Waals surface area contributed by atoms with Crippen LogP contribution in [0.5, 0.6) is 5.75 Å². The van der Waals surface area contributed by atoms with Gasteiger partial charge in [0.1, 0.15) is 17.5 Å². The molecule has 1 aromatic rings. The highest BCUT2D eigenvalue weighted by atomic mass is 79.9. The summed E-state index contributed by atoms with van der Waals surface area (Å²) < 4.78 is 12.2. The molecule has 0 radical (unpaired) electrons. The number of likely N-dealkylation sites (tertiary alicyclic amines) is 1. The maximum atomic E-state index is 12.0. The van der Waals surface area contributed by atoms with E-state index in [1.165, 1.54) is 0 Å². The molecule has 0 aromatic heterocycles. The summed E-state index contributed by atoms with van der Waals surface area (Å²) in [5.74, 6) is 1.40. The highest BCUT2D eigenvalue weighted by molar-refractivity contribution is 9.10. The van der Waals surface area contributed by atoms with Crippen LogP contribution in [-0.2, 0) is 4.74 Å². The van der Waals surface area contributed by atoms with Gasteiger partial charge in [-0.15, -0.1) is 0 Å². The maximum absolute atomic E-state index is 12.0. The van der Waals surface area contributed by atoms with Crippen molar-refractivity contribution in [3.63, 3.8) is 0 Å².